The number of carbonyl (C=O) groups excluding carboxylic acids is 2. The first kappa shape index (κ1) is 29.2. The summed E-state index contributed by atoms with van der Waals surface area (Å²) in [7, 11) is 0. The van der Waals surface area contributed by atoms with E-state index < -0.39 is 11.9 Å². The van der Waals surface area contributed by atoms with Crippen molar-refractivity contribution in [2.24, 2.45) is 0 Å². The number of carbonyl (C=O) groups is 3. The number of hydrogen-bond acceptors (Lipinski definition) is 7. The third-order valence-corrected chi connectivity index (χ3v) is 8.44. The van der Waals surface area contributed by atoms with E-state index in [-0.39, 0.29) is 48.1 Å². The first-order chi connectivity index (χ1) is 20.0. The van der Waals surface area contributed by atoms with Crippen molar-refractivity contribution in [3.05, 3.63) is 53.3 Å². The van der Waals surface area contributed by atoms with Crippen LogP contribution in [0.1, 0.15) is 77.9 Å². The Morgan fingerprint density at radius 2 is 1.66 bits per heavy atom. The minimum Gasteiger partial charge on any atom is -0.476 e. The van der Waals surface area contributed by atoms with Gasteiger partial charge in [0.15, 0.2) is 5.69 Å². The molecule has 2 aromatic rings. The average Bonchev–Trinajstić information content (AvgIpc) is 3.42. The summed E-state index contributed by atoms with van der Waals surface area (Å²) in [6, 6.07) is 11.1. The minimum absolute atomic E-state index is 0.00843. The second-order valence-electron chi connectivity index (χ2n) is 11.3. The van der Waals surface area contributed by atoms with Gasteiger partial charge in [0.2, 0.25) is 5.91 Å². The molecule has 2 aliphatic carbocycles. The number of nitrogens with one attached hydrogen (secondary N) is 2. The van der Waals surface area contributed by atoms with Crippen LogP contribution in [0.4, 0.5) is 0 Å². The molecule has 0 unspecified atom stereocenters. The van der Waals surface area contributed by atoms with Crippen LogP contribution in [0.5, 0.6) is 0 Å². The number of hydrogen-bond donors (Lipinski definition) is 3. The molecular weight excluding hydrogens is 526 g/mol. The maximum Gasteiger partial charge on any atom is 0.356 e. The lowest BCUT2D eigenvalue weighted by molar-refractivity contribution is -0.123. The Labute approximate surface area is 240 Å². The lowest BCUT2D eigenvalue weighted by Crippen LogP contribution is -2.56. The van der Waals surface area contributed by atoms with Gasteiger partial charge in [0.05, 0.1) is 32.0 Å². The van der Waals surface area contributed by atoms with E-state index in [1.54, 1.807) is 0 Å². The van der Waals surface area contributed by atoms with Gasteiger partial charge in [0.1, 0.15) is 12.2 Å². The van der Waals surface area contributed by atoms with E-state index in [9.17, 15) is 19.5 Å². The first-order valence-corrected chi connectivity index (χ1v) is 14.9. The molecule has 0 spiro atoms. The van der Waals surface area contributed by atoms with Gasteiger partial charge in [-0.2, -0.15) is 5.10 Å². The Bertz CT molecular complexity index is 1180. The Balaban J connectivity index is 1.24. The van der Waals surface area contributed by atoms with Crippen LogP contribution >= 0.6 is 0 Å². The highest BCUT2D eigenvalue weighted by Gasteiger charge is 2.33. The van der Waals surface area contributed by atoms with Crippen LogP contribution in [0, 0.1) is 0 Å². The van der Waals surface area contributed by atoms with Gasteiger partial charge in [-0.25, -0.2) is 9.48 Å². The van der Waals surface area contributed by atoms with Gasteiger partial charge in [-0.15, -0.1) is 0 Å². The zero-order valence-corrected chi connectivity index (χ0v) is 23.5. The zero-order valence-electron chi connectivity index (χ0n) is 23.5. The normalized spacial score (nSPS) is 25.4. The van der Waals surface area contributed by atoms with Crippen LogP contribution in [0.15, 0.2) is 36.4 Å². The van der Waals surface area contributed by atoms with Crippen molar-refractivity contribution < 1.29 is 29.0 Å². The predicted molar refractivity (Wildman–Crippen MR) is 151 cm³/mol. The minimum atomic E-state index is -1.25. The Kier molecular flexibility index (Phi) is 10.0. The van der Waals surface area contributed by atoms with E-state index in [1.807, 2.05) is 30.3 Å². The average molecular weight is 568 g/mol. The summed E-state index contributed by atoms with van der Waals surface area (Å²) < 4.78 is 12.9. The van der Waals surface area contributed by atoms with E-state index in [2.05, 4.69) is 20.6 Å². The maximum atomic E-state index is 13.4. The van der Waals surface area contributed by atoms with Crippen molar-refractivity contribution >= 4 is 17.8 Å². The molecule has 3 fully saturated rings. The second kappa shape index (κ2) is 14.1. The van der Waals surface area contributed by atoms with Gasteiger partial charge >= 0.3 is 5.97 Å². The molecule has 1 saturated heterocycles. The zero-order chi connectivity index (χ0) is 28.6. The highest BCUT2D eigenvalue weighted by Crippen LogP contribution is 2.25. The van der Waals surface area contributed by atoms with Crippen molar-refractivity contribution in [1.29, 1.82) is 0 Å². The number of carboxylic acid groups (broad SMARTS) is 1. The number of carboxylic acids is 1. The molecule has 41 heavy (non-hydrogen) atoms. The molecule has 1 aromatic carbocycles. The number of amides is 2. The SMILES string of the molecule is O=C(Cn1nc(C(=O)O)cc1C(=O)N[C@H]1CCCC[C@@H]1OCc1ccccc1)N[C@H]1CCCC[C@@H]1N1CCOCC1. The molecular formula is C30H41N5O6. The van der Waals surface area contributed by atoms with Crippen LogP contribution < -0.4 is 10.6 Å². The Morgan fingerprint density at radius 1 is 0.951 bits per heavy atom. The third kappa shape index (κ3) is 7.72. The number of aromatic nitrogens is 2. The molecule has 2 heterocycles. The smallest absolute Gasteiger partial charge is 0.356 e. The Hall–Kier alpha value is -3.28. The van der Waals surface area contributed by atoms with E-state index >= 15 is 0 Å². The molecule has 4 atom stereocenters. The van der Waals surface area contributed by atoms with Crippen molar-refractivity contribution in [3.8, 4) is 0 Å². The topological polar surface area (TPSA) is 135 Å². The number of nitrogens with zero attached hydrogens (tertiary/aromatic N) is 3. The number of benzene rings is 1. The molecule has 222 valence electrons. The molecule has 3 N–H and O–H groups in total. The van der Waals surface area contributed by atoms with Crippen LogP contribution in [0.2, 0.25) is 0 Å². The highest BCUT2D eigenvalue weighted by molar-refractivity contribution is 5.96. The number of rotatable bonds is 10. The second-order valence-corrected chi connectivity index (χ2v) is 11.3. The van der Waals surface area contributed by atoms with Crippen molar-refractivity contribution in [2.45, 2.75) is 88.7 Å². The summed E-state index contributed by atoms with van der Waals surface area (Å²) in [5.41, 5.74) is 0.845. The van der Waals surface area contributed by atoms with Crippen LogP contribution in [0.3, 0.4) is 0 Å². The van der Waals surface area contributed by atoms with Crippen LogP contribution in [0.25, 0.3) is 0 Å². The van der Waals surface area contributed by atoms with Gasteiger partial charge in [-0.3, -0.25) is 14.5 Å². The third-order valence-electron chi connectivity index (χ3n) is 8.44. The van der Waals surface area contributed by atoms with Crippen molar-refractivity contribution in [1.82, 2.24) is 25.3 Å². The first-order valence-electron chi connectivity index (χ1n) is 14.9. The molecule has 2 amide bonds. The van der Waals surface area contributed by atoms with Gasteiger partial charge in [-0.1, -0.05) is 56.0 Å². The van der Waals surface area contributed by atoms with E-state index in [0.717, 1.165) is 70.0 Å². The van der Waals surface area contributed by atoms with E-state index in [1.165, 1.54) is 10.7 Å². The molecule has 0 bridgehead atoms. The van der Waals surface area contributed by atoms with Crippen LogP contribution in [-0.2, 0) is 27.4 Å². The summed E-state index contributed by atoms with van der Waals surface area (Å²) in [5, 5.41) is 19.9. The molecule has 1 aliphatic heterocycles. The van der Waals surface area contributed by atoms with Crippen molar-refractivity contribution in [3.63, 3.8) is 0 Å². The highest BCUT2D eigenvalue weighted by atomic mass is 16.5. The van der Waals surface area contributed by atoms with E-state index in [4.69, 9.17) is 9.47 Å². The summed E-state index contributed by atoms with van der Waals surface area (Å²) in [4.78, 5) is 40.8. The Morgan fingerprint density at radius 3 is 2.41 bits per heavy atom. The lowest BCUT2D eigenvalue weighted by atomic mass is 9.89. The molecule has 2 saturated carbocycles. The molecule has 11 nitrogen and oxygen atoms in total. The predicted octanol–water partition coefficient (Wildman–Crippen LogP) is 2.60. The molecule has 5 rings (SSSR count). The standard InChI is InChI=1S/C30H41N5O6/c36-28(31-22-10-4-6-12-25(22)34-14-16-40-17-15-34)19-35-26(18-24(33-35)30(38)39)29(37)32-23-11-5-7-13-27(23)41-20-21-8-2-1-3-9-21/h1-3,8-9,18,22-23,25,27H,4-7,10-17,19-20H2,(H,31,36)(H,32,37)(H,38,39)/t22-,23-,25-,27-/m0/s1. The van der Waals surface area contributed by atoms with Gasteiger partial charge in [-0.05, 0) is 31.2 Å². The van der Waals surface area contributed by atoms with Crippen LogP contribution in [-0.4, -0.2) is 88.1 Å². The fourth-order valence-electron chi connectivity index (χ4n) is 6.32. The van der Waals surface area contributed by atoms with Gasteiger partial charge in [0, 0.05) is 31.2 Å². The summed E-state index contributed by atoms with van der Waals surface area (Å²) in [6.45, 7) is 3.30. The van der Waals surface area contributed by atoms with Gasteiger partial charge in [0.25, 0.3) is 5.91 Å². The quantitative estimate of drug-likeness (QED) is 0.399. The fourth-order valence-corrected chi connectivity index (χ4v) is 6.32. The maximum absolute atomic E-state index is 13.4. The van der Waals surface area contributed by atoms with Gasteiger partial charge < -0.3 is 25.2 Å². The molecule has 1 aromatic heterocycles. The number of morpholine rings is 1. The lowest BCUT2D eigenvalue weighted by Gasteiger charge is -2.41. The number of ether oxygens (including phenoxy) is 2. The molecule has 3 aliphatic rings. The van der Waals surface area contributed by atoms with E-state index in [0.29, 0.717) is 19.8 Å². The summed E-state index contributed by atoms with van der Waals surface area (Å²) in [6.07, 6.45) is 7.46. The molecule has 0 radical (unpaired) electrons. The molecule has 11 heteroatoms. The summed E-state index contributed by atoms with van der Waals surface area (Å²) >= 11 is 0. The summed E-state index contributed by atoms with van der Waals surface area (Å²) in [5.74, 6) is -1.99. The number of aromatic carboxylic acids is 1. The fraction of sp³-hybridized carbons (Fsp3) is 0.600. The largest absolute Gasteiger partial charge is 0.476 e. The van der Waals surface area contributed by atoms with Crippen molar-refractivity contribution in [2.75, 3.05) is 26.3 Å². The monoisotopic (exact) mass is 567 g/mol.